The van der Waals surface area contributed by atoms with Gasteiger partial charge in [0.2, 0.25) is 5.95 Å². The van der Waals surface area contributed by atoms with Crippen LogP contribution in [0.4, 0.5) is 28.8 Å². The third-order valence-corrected chi connectivity index (χ3v) is 9.23. The Bertz CT molecular complexity index is 1600. The van der Waals surface area contributed by atoms with Gasteiger partial charge in [-0.1, -0.05) is 12.7 Å². The summed E-state index contributed by atoms with van der Waals surface area (Å²) in [7, 11) is 5.79. The van der Waals surface area contributed by atoms with Gasteiger partial charge in [-0.15, -0.1) is 0 Å². The maximum atomic E-state index is 5.82. The Hall–Kier alpha value is -3.97. The zero-order valence-electron chi connectivity index (χ0n) is 25.6. The molecule has 11 nitrogen and oxygen atoms in total. The van der Waals surface area contributed by atoms with Gasteiger partial charge >= 0.3 is 0 Å². The number of anilines is 5. The lowest BCUT2D eigenvalue weighted by molar-refractivity contribution is 0.0982. The molecule has 0 atom stereocenters. The molecule has 6 rings (SSSR count). The first-order chi connectivity index (χ1) is 21.6. The molecule has 2 aliphatic rings. The molecule has 0 unspecified atom stereocenters. The number of hydrogen-bond acceptors (Lipinski definition) is 12. The normalized spacial score (nSPS) is 16.7. The van der Waals surface area contributed by atoms with Crippen LogP contribution < -0.4 is 25.0 Å². The summed E-state index contributed by atoms with van der Waals surface area (Å²) in [6.45, 7) is 10.7. The van der Waals surface area contributed by atoms with Crippen molar-refractivity contribution in [1.82, 2.24) is 34.5 Å². The molecule has 0 saturated carbocycles. The Morgan fingerprint density at radius 3 is 2.48 bits per heavy atom. The number of piperazine rings is 1. The van der Waals surface area contributed by atoms with Crippen LogP contribution in [0.3, 0.4) is 0 Å². The lowest BCUT2D eigenvalue weighted by Gasteiger charge is -2.42. The van der Waals surface area contributed by atoms with Crippen LogP contribution >= 0.6 is 11.9 Å². The zero-order chi connectivity index (χ0) is 30.5. The molecule has 0 bridgehead atoms. The molecule has 4 aromatic rings. The first-order valence-electron chi connectivity index (χ1n) is 15.0. The zero-order valence-corrected chi connectivity index (χ0v) is 26.4. The van der Waals surface area contributed by atoms with Crippen molar-refractivity contribution >= 4 is 57.9 Å². The second-order valence-electron chi connectivity index (χ2n) is 11.1. The highest BCUT2D eigenvalue weighted by Crippen LogP contribution is 2.36. The average Bonchev–Trinajstić information content (AvgIpc) is 3.06. The average molecular weight is 613 g/mol. The van der Waals surface area contributed by atoms with Crippen LogP contribution in [-0.4, -0.2) is 96.3 Å². The molecule has 2 aliphatic heterocycles. The van der Waals surface area contributed by atoms with E-state index in [0.717, 1.165) is 51.7 Å². The third-order valence-electron chi connectivity index (χ3n) is 8.40. The summed E-state index contributed by atoms with van der Waals surface area (Å²) in [5.41, 5.74) is 5.22. The topological polar surface area (TPSA) is 107 Å². The van der Waals surface area contributed by atoms with Crippen LogP contribution in [0.25, 0.3) is 17.1 Å². The summed E-state index contributed by atoms with van der Waals surface area (Å²) in [6, 6.07) is 10.9. The fourth-order valence-corrected chi connectivity index (χ4v) is 6.61. The molecule has 2 saturated heterocycles. The minimum absolute atomic E-state index is 0.445. The predicted molar refractivity (Wildman–Crippen MR) is 180 cm³/mol. The van der Waals surface area contributed by atoms with Crippen molar-refractivity contribution in [2.75, 3.05) is 76.0 Å². The summed E-state index contributed by atoms with van der Waals surface area (Å²) in [5.74, 6) is 1.81. The summed E-state index contributed by atoms with van der Waals surface area (Å²) < 4.78 is 8.97. The van der Waals surface area contributed by atoms with Gasteiger partial charge in [-0.05, 0) is 63.2 Å². The molecule has 0 radical (unpaired) electrons. The van der Waals surface area contributed by atoms with Crippen LogP contribution in [0.2, 0.25) is 0 Å². The highest BCUT2D eigenvalue weighted by atomic mass is 32.2. The van der Waals surface area contributed by atoms with Gasteiger partial charge in [0, 0.05) is 81.2 Å². The molecule has 230 valence electrons. The van der Waals surface area contributed by atoms with Crippen molar-refractivity contribution in [1.29, 1.82) is 0 Å². The van der Waals surface area contributed by atoms with Crippen LogP contribution in [0.5, 0.6) is 5.75 Å². The van der Waals surface area contributed by atoms with E-state index in [4.69, 9.17) is 9.72 Å². The lowest BCUT2D eigenvalue weighted by atomic mass is 10.0. The van der Waals surface area contributed by atoms with E-state index in [1.54, 1.807) is 31.8 Å². The quantitative estimate of drug-likeness (QED) is 0.210. The van der Waals surface area contributed by atoms with Crippen LogP contribution in [0, 0.1) is 0 Å². The summed E-state index contributed by atoms with van der Waals surface area (Å²) in [4.78, 5) is 26.9. The maximum Gasteiger partial charge on any atom is 0.229 e. The fraction of sp³-hybridized carbons (Fsp3) is 0.375. The molecular weight excluding hydrogens is 572 g/mol. The predicted octanol–water partition coefficient (Wildman–Crippen LogP) is 5.00. The van der Waals surface area contributed by atoms with Crippen LogP contribution in [0.15, 0.2) is 60.4 Å². The standard InChI is InChI=1S/C32H40N10OS/c1-5-22-21-36-32(39-31(22)37-27-9-8-26-29(30(27)44-33-2)35-13-12-34-26)38-25-7-6-24(20-28(25)43-4)41-14-10-23(11-15-41)42-18-16-40(3)17-19-42/h5-9,12-13,20-21,23,33H,1,10-11,14-19H2,2-4H3,(H2,36,37,38,39). The second-order valence-corrected chi connectivity index (χ2v) is 12.1. The van der Waals surface area contributed by atoms with Crippen molar-refractivity contribution in [3.05, 3.63) is 61.1 Å². The Morgan fingerprint density at radius 2 is 1.73 bits per heavy atom. The van der Waals surface area contributed by atoms with Gasteiger partial charge in [-0.3, -0.25) is 19.6 Å². The Balaban J connectivity index is 1.18. The molecule has 2 fully saturated rings. The maximum absolute atomic E-state index is 5.82. The Morgan fingerprint density at radius 1 is 0.955 bits per heavy atom. The van der Waals surface area contributed by atoms with E-state index < -0.39 is 0 Å². The molecule has 0 aliphatic carbocycles. The molecule has 2 aromatic carbocycles. The van der Waals surface area contributed by atoms with Gasteiger partial charge < -0.3 is 25.2 Å². The lowest BCUT2D eigenvalue weighted by Crippen LogP contribution is -2.52. The van der Waals surface area contributed by atoms with Crippen LogP contribution in [-0.2, 0) is 0 Å². The fourth-order valence-electron chi connectivity index (χ4n) is 5.92. The highest BCUT2D eigenvalue weighted by Gasteiger charge is 2.27. The van der Waals surface area contributed by atoms with Crippen molar-refractivity contribution in [3.8, 4) is 5.75 Å². The van der Waals surface area contributed by atoms with Crippen molar-refractivity contribution < 1.29 is 4.74 Å². The molecule has 3 N–H and O–H groups in total. The first kappa shape index (κ1) is 30.1. The number of methoxy groups -OCH3 is 1. The number of hydrogen-bond donors (Lipinski definition) is 3. The molecule has 0 spiro atoms. The van der Waals surface area contributed by atoms with Crippen molar-refractivity contribution in [2.45, 2.75) is 23.8 Å². The number of piperidine rings is 1. The smallest absolute Gasteiger partial charge is 0.229 e. The largest absolute Gasteiger partial charge is 0.494 e. The number of benzene rings is 2. The number of ether oxygens (including phenoxy) is 1. The number of likely N-dealkylation sites (N-methyl/N-ethyl adjacent to an activating group) is 1. The molecule has 0 amide bonds. The number of aromatic nitrogens is 4. The van der Waals surface area contributed by atoms with Gasteiger partial charge in [-0.25, -0.2) is 4.98 Å². The van der Waals surface area contributed by atoms with Crippen molar-refractivity contribution in [2.24, 2.45) is 0 Å². The summed E-state index contributed by atoms with van der Waals surface area (Å²) >= 11 is 1.47. The van der Waals surface area contributed by atoms with E-state index in [1.807, 2.05) is 25.2 Å². The third kappa shape index (κ3) is 6.58. The van der Waals surface area contributed by atoms with Gasteiger partial charge in [0.25, 0.3) is 0 Å². The number of nitrogens with zero attached hydrogens (tertiary/aromatic N) is 7. The van der Waals surface area contributed by atoms with E-state index >= 15 is 0 Å². The minimum Gasteiger partial charge on any atom is -0.494 e. The number of nitrogens with one attached hydrogen (secondary N) is 3. The summed E-state index contributed by atoms with van der Waals surface area (Å²) in [5, 5.41) is 6.83. The number of rotatable bonds is 10. The Kier molecular flexibility index (Phi) is 9.41. The molecule has 2 aromatic heterocycles. The molecule has 44 heavy (non-hydrogen) atoms. The molecule has 4 heterocycles. The number of fused-ring (bicyclic) bond motifs is 1. The van der Waals surface area contributed by atoms with E-state index in [-0.39, 0.29) is 0 Å². The van der Waals surface area contributed by atoms with Gasteiger partial charge in [0.1, 0.15) is 17.1 Å². The van der Waals surface area contributed by atoms with E-state index in [1.165, 1.54) is 56.7 Å². The molecular formula is C32H40N10OS. The van der Waals surface area contributed by atoms with Gasteiger partial charge in [0.05, 0.1) is 28.9 Å². The highest BCUT2D eigenvalue weighted by molar-refractivity contribution is 7.97. The molecule has 12 heteroatoms. The van der Waals surface area contributed by atoms with E-state index in [9.17, 15) is 0 Å². The van der Waals surface area contributed by atoms with Gasteiger partial charge in [-0.2, -0.15) is 4.98 Å². The van der Waals surface area contributed by atoms with Crippen LogP contribution in [0.1, 0.15) is 18.4 Å². The second kappa shape index (κ2) is 13.8. The summed E-state index contributed by atoms with van der Waals surface area (Å²) in [6.07, 6.45) is 9.25. The van der Waals surface area contributed by atoms with E-state index in [0.29, 0.717) is 17.8 Å². The van der Waals surface area contributed by atoms with Crippen molar-refractivity contribution in [3.63, 3.8) is 0 Å². The monoisotopic (exact) mass is 612 g/mol. The Labute approximate surface area is 263 Å². The first-order valence-corrected chi connectivity index (χ1v) is 15.8. The van der Waals surface area contributed by atoms with E-state index in [2.05, 4.69) is 70.8 Å². The SMILES string of the molecule is C=Cc1cnc(Nc2ccc(N3CCC(N4CCN(C)CC4)CC3)cc2OC)nc1Nc1ccc2nccnc2c1SNC. The van der Waals surface area contributed by atoms with Gasteiger partial charge in [0.15, 0.2) is 0 Å². The minimum atomic E-state index is 0.445.